The van der Waals surface area contributed by atoms with Gasteiger partial charge in [-0.1, -0.05) is 6.07 Å². The fourth-order valence-corrected chi connectivity index (χ4v) is 1.99. The van der Waals surface area contributed by atoms with Crippen LogP contribution in [0.1, 0.15) is 30.1 Å². The SMILES string of the molecule is Nc1nc(C(F)(F)F)nn1-c1ccc(C2CC2)cc1F. The molecule has 1 heterocycles. The molecule has 1 saturated carbocycles. The Hall–Kier alpha value is -2.12. The minimum atomic E-state index is -4.72. The topological polar surface area (TPSA) is 56.7 Å². The Morgan fingerprint density at radius 2 is 1.95 bits per heavy atom. The largest absolute Gasteiger partial charge is 0.453 e. The maximum Gasteiger partial charge on any atom is 0.453 e. The molecule has 2 N–H and O–H groups in total. The lowest BCUT2D eigenvalue weighted by molar-refractivity contribution is -0.144. The molecule has 3 rings (SSSR count). The van der Waals surface area contributed by atoms with Crippen molar-refractivity contribution in [2.75, 3.05) is 5.73 Å². The van der Waals surface area contributed by atoms with E-state index in [1.165, 1.54) is 12.1 Å². The molecule has 2 aromatic rings. The molecule has 1 aromatic heterocycles. The van der Waals surface area contributed by atoms with Crippen molar-refractivity contribution >= 4 is 5.95 Å². The van der Waals surface area contributed by atoms with E-state index in [-0.39, 0.29) is 5.69 Å². The van der Waals surface area contributed by atoms with Gasteiger partial charge < -0.3 is 5.73 Å². The number of rotatable bonds is 2. The van der Waals surface area contributed by atoms with Crippen LogP contribution in [0, 0.1) is 5.82 Å². The Bertz CT molecular complexity index is 658. The summed E-state index contributed by atoms with van der Waals surface area (Å²) in [6.07, 6.45) is -2.71. The number of alkyl halides is 3. The molecule has 1 aliphatic rings. The van der Waals surface area contributed by atoms with Crippen LogP contribution in [0.5, 0.6) is 0 Å². The van der Waals surface area contributed by atoms with E-state index >= 15 is 0 Å². The molecular weight excluding hydrogens is 276 g/mol. The lowest BCUT2D eigenvalue weighted by atomic mass is 10.1. The molecule has 0 saturated heterocycles. The van der Waals surface area contributed by atoms with E-state index in [0.29, 0.717) is 10.6 Å². The molecule has 0 spiro atoms. The number of hydrogen-bond acceptors (Lipinski definition) is 3. The number of hydrogen-bond donors (Lipinski definition) is 1. The van der Waals surface area contributed by atoms with Crippen molar-refractivity contribution in [3.05, 3.63) is 35.4 Å². The summed E-state index contributed by atoms with van der Waals surface area (Å²) in [5.74, 6) is -2.21. The van der Waals surface area contributed by atoms with Crippen LogP contribution in [0.25, 0.3) is 5.69 Å². The second-order valence-electron chi connectivity index (χ2n) is 4.69. The van der Waals surface area contributed by atoms with E-state index in [0.717, 1.165) is 18.4 Å². The molecule has 106 valence electrons. The normalized spacial score (nSPS) is 15.6. The maximum absolute atomic E-state index is 14.0. The number of nitrogen functional groups attached to an aromatic ring is 1. The van der Waals surface area contributed by atoms with Gasteiger partial charge in [-0.15, -0.1) is 5.10 Å². The van der Waals surface area contributed by atoms with Gasteiger partial charge in [0.25, 0.3) is 5.82 Å². The molecule has 4 nitrogen and oxygen atoms in total. The van der Waals surface area contributed by atoms with Crippen molar-refractivity contribution in [2.45, 2.75) is 24.9 Å². The second-order valence-corrected chi connectivity index (χ2v) is 4.69. The molecule has 0 aliphatic heterocycles. The van der Waals surface area contributed by atoms with E-state index in [9.17, 15) is 17.6 Å². The summed E-state index contributed by atoms with van der Waals surface area (Å²) >= 11 is 0. The number of anilines is 1. The van der Waals surface area contributed by atoms with Gasteiger partial charge in [0.15, 0.2) is 0 Å². The van der Waals surface area contributed by atoms with Gasteiger partial charge in [0, 0.05) is 0 Å². The zero-order chi connectivity index (χ0) is 14.5. The Morgan fingerprint density at radius 3 is 2.45 bits per heavy atom. The standard InChI is InChI=1S/C12H10F4N4/c13-8-5-7(6-1-2-6)3-4-9(8)20-11(17)18-10(19-20)12(14,15)16/h3-6H,1-2H2,(H2,17,18,19). The highest BCUT2D eigenvalue weighted by molar-refractivity contribution is 5.42. The van der Waals surface area contributed by atoms with Crippen LogP contribution in [0.3, 0.4) is 0 Å². The quantitative estimate of drug-likeness (QED) is 0.864. The Labute approximate surface area is 111 Å². The van der Waals surface area contributed by atoms with Crippen molar-refractivity contribution < 1.29 is 17.6 Å². The van der Waals surface area contributed by atoms with Gasteiger partial charge in [-0.2, -0.15) is 22.8 Å². The van der Waals surface area contributed by atoms with Crippen molar-refractivity contribution in [3.63, 3.8) is 0 Å². The highest BCUT2D eigenvalue weighted by Crippen LogP contribution is 2.40. The molecule has 0 amide bonds. The monoisotopic (exact) mass is 286 g/mol. The average molecular weight is 286 g/mol. The summed E-state index contributed by atoms with van der Waals surface area (Å²) in [7, 11) is 0. The highest BCUT2D eigenvalue weighted by Gasteiger charge is 2.37. The highest BCUT2D eigenvalue weighted by atomic mass is 19.4. The lowest BCUT2D eigenvalue weighted by Gasteiger charge is -2.06. The Kier molecular flexibility index (Phi) is 2.70. The van der Waals surface area contributed by atoms with E-state index in [4.69, 9.17) is 5.73 Å². The third-order valence-electron chi connectivity index (χ3n) is 3.13. The molecule has 1 fully saturated rings. The van der Waals surface area contributed by atoms with Gasteiger partial charge in [0.2, 0.25) is 5.95 Å². The lowest BCUT2D eigenvalue weighted by Crippen LogP contribution is -2.09. The molecule has 0 radical (unpaired) electrons. The van der Waals surface area contributed by atoms with Gasteiger partial charge in [0.05, 0.1) is 0 Å². The first-order valence-electron chi connectivity index (χ1n) is 5.96. The first-order chi connectivity index (χ1) is 9.36. The van der Waals surface area contributed by atoms with Gasteiger partial charge >= 0.3 is 6.18 Å². The zero-order valence-electron chi connectivity index (χ0n) is 10.2. The number of halogens is 4. The minimum absolute atomic E-state index is 0.144. The van der Waals surface area contributed by atoms with Gasteiger partial charge in [-0.25, -0.2) is 4.39 Å². The van der Waals surface area contributed by atoms with Crippen LogP contribution >= 0.6 is 0 Å². The summed E-state index contributed by atoms with van der Waals surface area (Å²) in [4.78, 5) is 3.11. The molecule has 20 heavy (non-hydrogen) atoms. The molecule has 1 aromatic carbocycles. The van der Waals surface area contributed by atoms with E-state index < -0.39 is 23.8 Å². The van der Waals surface area contributed by atoms with Crippen LogP contribution in [0.2, 0.25) is 0 Å². The fourth-order valence-electron chi connectivity index (χ4n) is 1.99. The van der Waals surface area contributed by atoms with E-state index in [2.05, 4.69) is 10.1 Å². The Morgan fingerprint density at radius 1 is 1.25 bits per heavy atom. The van der Waals surface area contributed by atoms with Crippen LogP contribution in [0.4, 0.5) is 23.5 Å². The first kappa shape index (κ1) is 12.9. The number of benzene rings is 1. The fraction of sp³-hybridized carbons (Fsp3) is 0.333. The Balaban J connectivity index is 2.02. The zero-order valence-corrected chi connectivity index (χ0v) is 10.2. The van der Waals surface area contributed by atoms with Crippen molar-refractivity contribution in [1.82, 2.24) is 14.8 Å². The van der Waals surface area contributed by atoms with Crippen molar-refractivity contribution in [3.8, 4) is 5.69 Å². The van der Waals surface area contributed by atoms with Gasteiger partial charge in [0.1, 0.15) is 11.5 Å². The second kappa shape index (κ2) is 4.19. The van der Waals surface area contributed by atoms with E-state index in [1.807, 2.05) is 0 Å². The van der Waals surface area contributed by atoms with Gasteiger partial charge in [-0.05, 0) is 36.5 Å². The molecular formula is C12H10F4N4. The summed E-state index contributed by atoms with van der Waals surface area (Å²) in [5, 5.41) is 3.22. The van der Waals surface area contributed by atoms with Crippen LogP contribution in [-0.2, 0) is 6.18 Å². The molecule has 8 heteroatoms. The van der Waals surface area contributed by atoms with Crippen LogP contribution < -0.4 is 5.73 Å². The van der Waals surface area contributed by atoms with Crippen molar-refractivity contribution in [1.29, 1.82) is 0 Å². The predicted octanol–water partition coefficient (Wildman–Crippen LogP) is 2.88. The number of nitrogens with two attached hydrogens (primary N) is 1. The van der Waals surface area contributed by atoms with Gasteiger partial charge in [-0.3, -0.25) is 0 Å². The summed E-state index contributed by atoms with van der Waals surface area (Å²) in [6.45, 7) is 0. The first-order valence-corrected chi connectivity index (χ1v) is 5.96. The average Bonchev–Trinajstić information content (AvgIpc) is 3.12. The molecule has 0 bridgehead atoms. The molecule has 0 unspecified atom stereocenters. The third kappa shape index (κ3) is 2.21. The van der Waals surface area contributed by atoms with Crippen LogP contribution in [-0.4, -0.2) is 14.8 Å². The maximum atomic E-state index is 14.0. The third-order valence-corrected chi connectivity index (χ3v) is 3.13. The summed E-state index contributed by atoms with van der Waals surface area (Å²) < 4.78 is 52.1. The van der Waals surface area contributed by atoms with Crippen molar-refractivity contribution in [2.24, 2.45) is 0 Å². The minimum Gasteiger partial charge on any atom is -0.368 e. The smallest absolute Gasteiger partial charge is 0.368 e. The number of nitrogens with zero attached hydrogens (tertiary/aromatic N) is 3. The van der Waals surface area contributed by atoms with E-state index in [1.54, 1.807) is 6.07 Å². The summed E-state index contributed by atoms with van der Waals surface area (Å²) in [6, 6.07) is 4.35. The van der Waals surface area contributed by atoms with Crippen LogP contribution in [0.15, 0.2) is 18.2 Å². The molecule has 1 aliphatic carbocycles. The number of aromatic nitrogens is 3. The molecule has 0 atom stereocenters. The predicted molar refractivity (Wildman–Crippen MR) is 62.7 cm³/mol. The summed E-state index contributed by atoms with van der Waals surface area (Å²) in [5.41, 5.74) is 6.06.